The second-order valence-electron chi connectivity index (χ2n) is 6.33. The predicted octanol–water partition coefficient (Wildman–Crippen LogP) is 3.63. The Morgan fingerprint density at radius 3 is 2.79 bits per heavy atom. The molecule has 1 aliphatic rings. The lowest BCUT2D eigenvalue weighted by molar-refractivity contribution is 0.138. The molecule has 3 heteroatoms. The molecule has 2 N–H and O–H groups in total. The molecule has 1 unspecified atom stereocenters. The molecule has 19 heavy (non-hydrogen) atoms. The summed E-state index contributed by atoms with van der Waals surface area (Å²) in [5.41, 5.74) is 8.93. The summed E-state index contributed by atoms with van der Waals surface area (Å²) in [5, 5.41) is 0.852. The molecule has 0 fully saturated rings. The average molecular weight is 281 g/mol. The second-order valence-corrected chi connectivity index (χ2v) is 6.77. The summed E-state index contributed by atoms with van der Waals surface area (Å²) in [6, 6.07) is 6.87. The summed E-state index contributed by atoms with van der Waals surface area (Å²) in [4.78, 5) is 2.56. The van der Waals surface area contributed by atoms with Gasteiger partial charge in [0.1, 0.15) is 0 Å². The van der Waals surface area contributed by atoms with Crippen molar-refractivity contribution >= 4 is 11.6 Å². The minimum absolute atomic E-state index is 0.172. The molecule has 0 spiro atoms. The van der Waals surface area contributed by atoms with E-state index in [-0.39, 0.29) is 5.41 Å². The van der Waals surface area contributed by atoms with Crippen molar-refractivity contribution in [3.8, 4) is 0 Å². The fourth-order valence-electron chi connectivity index (χ4n) is 3.00. The van der Waals surface area contributed by atoms with Crippen molar-refractivity contribution in [1.29, 1.82) is 0 Å². The number of hydrogen-bond acceptors (Lipinski definition) is 2. The third-order valence-corrected chi connectivity index (χ3v) is 4.42. The molecule has 0 heterocycles. The third kappa shape index (κ3) is 3.31. The Morgan fingerprint density at radius 1 is 1.42 bits per heavy atom. The number of hydrogen-bond donors (Lipinski definition) is 1. The van der Waals surface area contributed by atoms with Crippen molar-refractivity contribution < 1.29 is 0 Å². The molecule has 0 saturated carbocycles. The van der Waals surface area contributed by atoms with Crippen molar-refractivity contribution in [3.63, 3.8) is 0 Å². The Bertz CT molecular complexity index is 442. The number of benzene rings is 1. The molecule has 1 aromatic rings. The lowest BCUT2D eigenvalue weighted by atomic mass is 9.92. The van der Waals surface area contributed by atoms with Crippen molar-refractivity contribution in [3.05, 3.63) is 34.3 Å². The van der Waals surface area contributed by atoms with Gasteiger partial charge in [-0.2, -0.15) is 0 Å². The molecular formula is C16H25ClN2. The Labute approximate surface area is 121 Å². The minimum atomic E-state index is 0.172. The first-order valence-electron chi connectivity index (χ1n) is 7.19. The van der Waals surface area contributed by atoms with Crippen molar-refractivity contribution in [1.82, 2.24) is 4.90 Å². The number of aryl methyl sites for hydroxylation is 1. The van der Waals surface area contributed by atoms with Crippen LogP contribution in [0.25, 0.3) is 0 Å². The normalized spacial score (nSPS) is 18.9. The highest BCUT2D eigenvalue weighted by Gasteiger charge is 2.30. The van der Waals surface area contributed by atoms with Gasteiger partial charge in [-0.05, 0) is 54.6 Å². The van der Waals surface area contributed by atoms with Crippen molar-refractivity contribution in [2.45, 2.75) is 39.7 Å². The molecule has 106 valence electrons. The molecule has 2 nitrogen and oxygen atoms in total. The Balaban J connectivity index is 2.19. The van der Waals surface area contributed by atoms with Gasteiger partial charge < -0.3 is 5.73 Å². The lowest BCUT2D eigenvalue weighted by Crippen LogP contribution is -2.40. The number of nitrogens with two attached hydrogens (primary N) is 1. The van der Waals surface area contributed by atoms with E-state index >= 15 is 0 Å². The first kappa shape index (κ1) is 14.8. The first-order chi connectivity index (χ1) is 8.96. The zero-order valence-electron chi connectivity index (χ0n) is 12.2. The largest absolute Gasteiger partial charge is 0.330 e. The van der Waals surface area contributed by atoms with E-state index in [0.29, 0.717) is 6.04 Å². The van der Waals surface area contributed by atoms with Crippen molar-refractivity contribution in [2.24, 2.45) is 11.1 Å². The highest BCUT2D eigenvalue weighted by Crippen LogP contribution is 2.38. The monoisotopic (exact) mass is 280 g/mol. The van der Waals surface area contributed by atoms with Crippen LogP contribution < -0.4 is 5.73 Å². The molecule has 2 rings (SSSR count). The quantitative estimate of drug-likeness (QED) is 0.892. The lowest BCUT2D eigenvalue weighted by Gasteiger charge is -2.35. The molecule has 0 aromatic heterocycles. The maximum absolute atomic E-state index is 6.08. The highest BCUT2D eigenvalue weighted by atomic mass is 35.5. The summed E-state index contributed by atoms with van der Waals surface area (Å²) >= 11 is 6.08. The van der Waals surface area contributed by atoms with E-state index in [1.54, 1.807) is 0 Å². The summed E-state index contributed by atoms with van der Waals surface area (Å²) < 4.78 is 0. The first-order valence-corrected chi connectivity index (χ1v) is 7.57. The van der Waals surface area contributed by atoms with Crippen LogP contribution in [0.3, 0.4) is 0 Å². The maximum Gasteiger partial charge on any atom is 0.0408 e. The van der Waals surface area contributed by atoms with E-state index in [4.69, 9.17) is 17.3 Å². The summed E-state index contributed by atoms with van der Waals surface area (Å²) in [6.45, 7) is 9.56. The minimum Gasteiger partial charge on any atom is -0.330 e. The highest BCUT2D eigenvalue weighted by molar-refractivity contribution is 6.30. The number of nitrogens with zero attached hydrogens (tertiary/aromatic N) is 1. The third-order valence-electron chi connectivity index (χ3n) is 4.18. The van der Waals surface area contributed by atoms with Crippen molar-refractivity contribution in [2.75, 3.05) is 19.6 Å². The number of fused-ring (bicyclic) bond motifs is 1. The molecule has 0 radical (unpaired) electrons. The number of halogens is 1. The fraction of sp³-hybridized carbons (Fsp3) is 0.625. The molecule has 0 saturated heterocycles. The van der Waals surface area contributed by atoms with Gasteiger partial charge in [-0.3, -0.25) is 4.90 Å². The predicted molar refractivity (Wildman–Crippen MR) is 82.6 cm³/mol. The second kappa shape index (κ2) is 5.82. The van der Waals surface area contributed by atoms with Crippen LogP contribution in [0, 0.1) is 5.41 Å². The molecular weight excluding hydrogens is 256 g/mol. The number of rotatable bonds is 5. The topological polar surface area (TPSA) is 29.3 Å². The molecule has 1 aromatic carbocycles. The maximum atomic E-state index is 6.08. The Hall–Kier alpha value is -0.570. The van der Waals surface area contributed by atoms with Gasteiger partial charge in [-0.1, -0.05) is 38.4 Å². The van der Waals surface area contributed by atoms with Crippen LogP contribution in [0.15, 0.2) is 18.2 Å². The van der Waals surface area contributed by atoms with Crippen LogP contribution in [-0.4, -0.2) is 24.5 Å². The molecule has 1 aliphatic carbocycles. The fourth-order valence-corrected chi connectivity index (χ4v) is 3.19. The molecule has 0 aliphatic heterocycles. The Kier molecular flexibility index (Phi) is 4.54. The van der Waals surface area contributed by atoms with Gasteiger partial charge >= 0.3 is 0 Å². The Morgan fingerprint density at radius 2 is 2.16 bits per heavy atom. The zero-order valence-corrected chi connectivity index (χ0v) is 13.0. The van der Waals surface area contributed by atoms with Crippen LogP contribution in [0.2, 0.25) is 5.02 Å². The van der Waals surface area contributed by atoms with Crippen LogP contribution >= 0.6 is 11.6 Å². The standard InChI is InChI=1S/C16H25ClN2/c1-4-19(11-16(2,3)10-18)15-8-5-12-9-13(17)6-7-14(12)15/h6-7,9,15H,4-5,8,10-11,18H2,1-3H3. The van der Waals surface area contributed by atoms with Crippen LogP contribution in [0.5, 0.6) is 0 Å². The van der Waals surface area contributed by atoms with E-state index in [1.807, 2.05) is 6.07 Å². The summed E-state index contributed by atoms with van der Waals surface area (Å²) in [5.74, 6) is 0. The van der Waals surface area contributed by atoms with Gasteiger partial charge in [0.25, 0.3) is 0 Å². The van der Waals surface area contributed by atoms with E-state index in [2.05, 4.69) is 37.8 Å². The molecule has 1 atom stereocenters. The van der Waals surface area contributed by atoms with Crippen LogP contribution in [0.1, 0.15) is 44.4 Å². The van der Waals surface area contributed by atoms with E-state index < -0.39 is 0 Å². The van der Waals surface area contributed by atoms with Gasteiger partial charge in [-0.25, -0.2) is 0 Å². The average Bonchev–Trinajstić information content (AvgIpc) is 2.79. The van der Waals surface area contributed by atoms with E-state index in [1.165, 1.54) is 17.5 Å². The molecule has 0 bridgehead atoms. The SMILES string of the molecule is CCN(CC(C)(C)CN)C1CCc2cc(Cl)ccc21. The van der Waals surface area contributed by atoms with Gasteiger partial charge in [0.05, 0.1) is 0 Å². The molecule has 0 amide bonds. The summed E-state index contributed by atoms with van der Waals surface area (Å²) in [6.07, 6.45) is 2.34. The van der Waals surface area contributed by atoms with E-state index in [9.17, 15) is 0 Å². The zero-order chi connectivity index (χ0) is 14.0. The van der Waals surface area contributed by atoms with E-state index in [0.717, 1.165) is 31.1 Å². The van der Waals surface area contributed by atoms with Crippen LogP contribution in [-0.2, 0) is 6.42 Å². The van der Waals surface area contributed by atoms with Gasteiger partial charge in [0.15, 0.2) is 0 Å². The van der Waals surface area contributed by atoms with Gasteiger partial charge in [0, 0.05) is 17.6 Å². The van der Waals surface area contributed by atoms with Crippen LogP contribution in [0.4, 0.5) is 0 Å². The summed E-state index contributed by atoms with van der Waals surface area (Å²) in [7, 11) is 0. The smallest absolute Gasteiger partial charge is 0.0408 e. The van der Waals surface area contributed by atoms with Gasteiger partial charge in [-0.15, -0.1) is 0 Å². The van der Waals surface area contributed by atoms with Gasteiger partial charge in [0.2, 0.25) is 0 Å².